The van der Waals surface area contributed by atoms with Gasteiger partial charge in [-0.3, -0.25) is 4.79 Å². The number of rotatable bonds is 1. The van der Waals surface area contributed by atoms with Crippen molar-refractivity contribution in [3.8, 4) is 0 Å². The van der Waals surface area contributed by atoms with E-state index in [1.54, 1.807) is 4.90 Å². The first kappa shape index (κ1) is 15.2. The summed E-state index contributed by atoms with van der Waals surface area (Å²) in [7, 11) is 0. The minimum atomic E-state index is -0.742. The summed E-state index contributed by atoms with van der Waals surface area (Å²) in [6.07, 6.45) is 0.655. The molecule has 1 aromatic carbocycles. The highest BCUT2D eigenvalue weighted by molar-refractivity contribution is 6.30. The molecule has 0 aromatic heterocycles. The number of amides is 1. The third-order valence-corrected chi connectivity index (χ3v) is 4.01. The standard InChI is InChI=1S/C15H18ClF2NO/c1-15(2,3)19-7-6-9(8-12(19)20)13-11(17)5-4-10(16)14(13)18/h4-5,9H,6-8H2,1-3H3. The summed E-state index contributed by atoms with van der Waals surface area (Å²) in [5, 5.41) is -0.105. The van der Waals surface area contributed by atoms with Crippen molar-refractivity contribution in [3.63, 3.8) is 0 Å². The van der Waals surface area contributed by atoms with Crippen molar-refractivity contribution < 1.29 is 13.6 Å². The van der Waals surface area contributed by atoms with Crippen LogP contribution in [0.4, 0.5) is 8.78 Å². The van der Waals surface area contributed by atoms with Gasteiger partial charge in [-0.2, -0.15) is 0 Å². The maximum atomic E-state index is 14.0. The summed E-state index contributed by atoms with van der Waals surface area (Å²) < 4.78 is 27.9. The Morgan fingerprint density at radius 3 is 2.50 bits per heavy atom. The number of likely N-dealkylation sites (tertiary alicyclic amines) is 1. The van der Waals surface area contributed by atoms with Gasteiger partial charge in [0.15, 0.2) is 0 Å². The van der Waals surface area contributed by atoms with Crippen LogP contribution in [-0.2, 0) is 4.79 Å². The zero-order valence-electron chi connectivity index (χ0n) is 11.8. The number of benzene rings is 1. The molecule has 0 aliphatic carbocycles. The second kappa shape index (κ2) is 5.32. The molecule has 110 valence electrons. The molecule has 1 unspecified atom stereocenters. The van der Waals surface area contributed by atoms with Crippen molar-refractivity contribution >= 4 is 17.5 Å². The zero-order chi connectivity index (χ0) is 15.1. The molecule has 0 saturated carbocycles. The fourth-order valence-corrected chi connectivity index (χ4v) is 2.87. The molecule has 1 fully saturated rings. The Hall–Kier alpha value is -1.16. The second-order valence-electron chi connectivity index (χ2n) is 6.16. The monoisotopic (exact) mass is 301 g/mol. The van der Waals surface area contributed by atoms with Gasteiger partial charge in [0.25, 0.3) is 0 Å². The SMILES string of the molecule is CC(C)(C)N1CCC(c2c(F)ccc(Cl)c2F)CC1=O. The van der Waals surface area contributed by atoms with Crippen molar-refractivity contribution in [2.75, 3.05) is 6.54 Å². The largest absolute Gasteiger partial charge is 0.338 e. The smallest absolute Gasteiger partial charge is 0.223 e. The van der Waals surface area contributed by atoms with E-state index in [2.05, 4.69) is 0 Å². The quantitative estimate of drug-likeness (QED) is 0.714. The number of carbonyl (C=O) groups excluding carboxylic acids is 1. The first-order valence-corrected chi connectivity index (χ1v) is 7.03. The van der Waals surface area contributed by atoms with Crippen molar-refractivity contribution in [1.82, 2.24) is 4.90 Å². The van der Waals surface area contributed by atoms with Crippen LogP contribution in [0.2, 0.25) is 5.02 Å². The van der Waals surface area contributed by atoms with E-state index in [9.17, 15) is 13.6 Å². The molecule has 1 aromatic rings. The van der Waals surface area contributed by atoms with Crippen LogP contribution in [0, 0.1) is 11.6 Å². The minimum absolute atomic E-state index is 0.0561. The van der Waals surface area contributed by atoms with Crippen molar-refractivity contribution in [2.45, 2.75) is 45.1 Å². The van der Waals surface area contributed by atoms with Crippen LogP contribution >= 0.6 is 11.6 Å². The van der Waals surface area contributed by atoms with Crippen LogP contribution in [0.1, 0.15) is 45.1 Å². The van der Waals surface area contributed by atoms with E-state index in [0.717, 1.165) is 6.07 Å². The lowest BCUT2D eigenvalue weighted by Gasteiger charge is -2.41. The van der Waals surface area contributed by atoms with Gasteiger partial charge in [-0.05, 0) is 39.3 Å². The lowest BCUT2D eigenvalue weighted by molar-refractivity contribution is -0.139. The van der Waals surface area contributed by atoms with Crippen LogP contribution in [-0.4, -0.2) is 22.9 Å². The molecular formula is C15H18ClF2NO. The molecule has 1 aliphatic heterocycles. The van der Waals surface area contributed by atoms with Crippen LogP contribution in [0.5, 0.6) is 0 Å². The predicted octanol–water partition coefficient (Wildman–Crippen LogP) is 4.12. The first-order valence-electron chi connectivity index (χ1n) is 6.65. The lowest BCUT2D eigenvalue weighted by Crippen LogP contribution is -2.49. The minimum Gasteiger partial charge on any atom is -0.338 e. The van der Waals surface area contributed by atoms with Gasteiger partial charge in [-0.1, -0.05) is 11.6 Å². The molecule has 0 radical (unpaired) electrons. The Morgan fingerprint density at radius 2 is 1.95 bits per heavy atom. The molecule has 1 amide bonds. The normalized spacial score (nSPS) is 20.4. The summed E-state index contributed by atoms with van der Waals surface area (Å²) >= 11 is 5.71. The molecule has 1 aliphatic rings. The topological polar surface area (TPSA) is 20.3 Å². The Morgan fingerprint density at radius 1 is 1.30 bits per heavy atom. The third-order valence-electron chi connectivity index (χ3n) is 3.72. The Bertz CT molecular complexity index is 539. The molecule has 1 saturated heterocycles. The summed E-state index contributed by atoms with van der Waals surface area (Å²) in [6, 6.07) is 2.35. The summed E-state index contributed by atoms with van der Waals surface area (Å²) in [6.45, 7) is 6.35. The van der Waals surface area contributed by atoms with Gasteiger partial charge in [0.1, 0.15) is 11.6 Å². The lowest BCUT2D eigenvalue weighted by atomic mass is 9.86. The average Bonchev–Trinajstić information content (AvgIpc) is 2.33. The third kappa shape index (κ3) is 2.80. The van der Waals surface area contributed by atoms with Crippen molar-refractivity contribution in [1.29, 1.82) is 0 Å². The number of carbonyl (C=O) groups is 1. The van der Waals surface area contributed by atoms with E-state index in [4.69, 9.17) is 11.6 Å². The van der Waals surface area contributed by atoms with Crippen LogP contribution in [0.25, 0.3) is 0 Å². The van der Waals surface area contributed by atoms with Gasteiger partial charge in [-0.25, -0.2) is 8.78 Å². The van der Waals surface area contributed by atoms with E-state index in [-0.39, 0.29) is 28.5 Å². The van der Waals surface area contributed by atoms with Gasteiger partial charge in [0, 0.05) is 30.0 Å². The summed E-state index contributed by atoms with van der Waals surface area (Å²) in [4.78, 5) is 13.9. The Balaban J connectivity index is 2.27. The molecule has 20 heavy (non-hydrogen) atoms. The van der Waals surface area contributed by atoms with E-state index in [0.29, 0.717) is 13.0 Å². The van der Waals surface area contributed by atoms with E-state index >= 15 is 0 Å². The van der Waals surface area contributed by atoms with Crippen LogP contribution in [0.15, 0.2) is 12.1 Å². The number of halogens is 3. The first-order chi connectivity index (χ1) is 9.21. The fraction of sp³-hybridized carbons (Fsp3) is 0.533. The molecule has 1 atom stereocenters. The van der Waals surface area contributed by atoms with E-state index < -0.39 is 17.6 Å². The number of nitrogens with zero attached hydrogens (tertiary/aromatic N) is 1. The fourth-order valence-electron chi connectivity index (χ4n) is 2.71. The number of piperidine rings is 1. The molecule has 2 nitrogen and oxygen atoms in total. The molecule has 5 heteroatoms. The molecule has 0 N–H and O–H groups in total. The van der Waals surface area contributed by atoms with Gasteiger partial charge < -0.3 is 4.90 Å². The van der Waals surface area contributed by atoms with Crippen molar-refractivity contribution in [3.05, 3.63) is 34.4 Å². The Kier molecular flexibility index (Phi) is 4.05. The Labute approximate surface area is 122 Å². The summed E-state index contributed by atoms with van der Waals surface area (Å²) in [5.41, 5.74) is -0.326. The summed E-state index contributed by atoms with van der Waals surface area (Å²) in [5.74, 6) is -1.89. The highest BCUT2D eigenvalue weighted by atomic mass is 35.5. The predicted molar refractivity (Wildman–Crippen MR) is 74.8 cm³/mol. The van der Waals surface area contributed by atoms with E-state index in [1.807, 2.05) is 20.8 Å². The van der Waals surface area contributed by atoms with Crippen LogP contribution in [0.3, 0.4) is 0 Å². The maximum absolute atomic E-state index is 14.0. The van der Waals surface area contributed by atoms with Gasteiger partial charge >= 0.3 is 0 Å². The van der Waals surface area contributed by atoms with Gasteiger partial charge in [-0.15, -0.1) is 0 Å². The maximum Gasteiger partial charge on any atom is 0.223 e. The van der Waals surface area contributed by atoms with E-state index in [1.165, 1.54) is 6.07 Å². The molecule has 1 heterocycles. The zero-order valence-corrected chi connectivity index (χ0v) is 12.6. The van der Waals surface area contributed by atoms with Gasteiger partial charge in [0.2, 0.25) is 5.91 Å². The average molecular weight is 302 g/mol. The van der Waals surface area contributed by atoms with Crippen LogP contribution < -0.4 is 0 Å². The highest BCUT2D eigenvalue weighted by Gasteiger charge is 2.35. The number of hydrogen-bond donors (Lipinski definition) is 0. The number of hydrogen-bond acceptors (Lipinski definition) is 1. The second-order valence-corrected chi connectivity index (χ2v) is 6.57. The molecule has 0 spiro atoms. The van der Waals surface area contributed by atoms with Gasteiger partial charge in [0.05, 0.1) is 5.02 Å². The van der Waals surface area contributed by atoms with Crippen molar-refractivity contribution in [2.24, 2.45) is 0 Å². The highest BCUT2D eigenvalue weighted by Crippen LogP contribution is 2.36. The molecule has 0 bridgehead atoms. The molecule has 2 rings (SSSR count). The molecular weight excluding hydrogens is 284 g/mol.